The predicted molar refractivity (Wildman–Crippen MR) is 419 cm³/mol. The van der Waals surface area contributed by atoms with Crippen LogP contribution in [0.5, 0.6) is 0 Å². The van der Waals surface area contributed by atoms with Crippen molar-refractivity contribution < 1.29 is 133 Å². The maximum absolute atomic E-state index is 11.8. The molecule has 0 spiro atoms. The standard InChI is InChI=1S/C17H23N.C11H22INO2.C11H23NO3.C10H14O3S.C6H14IN.C6H15NO.C3H9NO.C3H8O.C2H7NO.CH2O3.ClH.2Na.H/c1-17(2,3)12-13-8-6-10-15-14(13)9-7-11-16(15)18(4)5;1-5-8-13(9-6-7-12)10(14)15-11(2,3)4;1-5-7-12(8-6-9-13)10(14)15-11(2,3)4;1-3-8-13-14(11,12)10-6-4-9(2)5-7-10;1-2-5-8-6-3-4-7;1-2-4-7-5-3-6-8;4-2-1-3-5;1-2-3-4;3-1-2-4;2-1-4-3;;;;/h6-11H,12H2,1-5H3;5-9H2,1-4H3;13H,5-9H2,1-4H3;4-7H,3,8H2,1-2H3;8H,2-6H2,1H3;7-8H,2-6H2,1H3;5H,1-4H2;4H,2-3H2,1H3;4H,1-3H2;1,3H;1H;;;/q;;;;;;;;;;;2*+1;-1/p-1. The number of amides is 2. The summed E-state index contributed by atoms with van der Waals surface area (Å²) in [6.45, 7) is 41.5. The first-order valence-electron chi connectivity index (χ1n) is 33.5. The molecule has 11 N–H and O–H groups in total. The summed E-state index contributed by atoms with van der Waals surface area (Å²) in [6.07, 6.45) is 11.0. The number of aryl methyl sites for hydroxylation is 1. The molecule has 0 aliphatic heterocycles. The number of alkyl halides is 2. The number of halogens is 3. The van der Waals surface area contributed by atoms with Crippen LogP contribution in [0.3, 0.4) is 0 Å². The monoisotopic (exact) mass is 1680 g/mol. The average molecular weight is 1690 g/mol. The molecule has 0 bridgehead atoms. The largest absolute Gasteiger partial charge is 1.00 e. The molecule has 3 rings (SSSR count). The van der Waals surface area contributed by atoms with Crippen molar-refractivity contribution in [2.75, 3.05) is 133 Å². The maximum atomic E-state index is 11.8. The number of aliphatic hydroxyl groups excluding tert-OH is 5. The Kier molecular flexibility index (Phi) is 98.4. The zero-order chi connectivity index (χ0) is 74.6. The fourth-order valence-electron chi connectivity index (χ4n) is 6.82. The summed E-state index contributed by atoms with van der Waals surface area (Å²) in [7, 11) is 0.666. The van der Waals surface area contributed by atoms with Gasteiger partial charge in [-0.05, 0) is 193 Å². The van der Waals surface area contributed by atoms with Crippen LogP contribution in [0.25, 0.3) is 10.8 Å². The molecule has 3 aromatic carbocycles. The molecule has 98 heavy (non-hydrogen) atoms. The van der Waals surface area contributed by atoms with Crippen molar-refractivity contribution in [3.8, 4) is 0 Å². The number of fused-ring (bicyclic) bond motifs is 1. The second-order valence-corrected chi connectivity index (χ2v) is 28.3. The predicted octanol–water partition coefficient (Wildman–Crippen LogP) is 5.89. The summed E-state index contributed by atoms with van der Waals surface area (Å²) >= 11 is 4.72. The summed E-state index contributed by atoms with van der Waals surface area (Å²) < 4.78 is 40.7. The topological polar surface area (TPSA) is 332 Å². The second kappa shape index (κ2) is 81.7. The van der Waals surface area contributed by atoms with Gasteiger partial charge in [0.05, 0.1) is 18.1 Å². The van der Waals surface area contributed by atoms with Gasteiger partial charge in [-0.3, -0.25) is 8.98 Å². The van der Waals surface area contributed by atoms with E-state index < -0.39 is 21.3 Å². The molecular formula is C70H138ClI2N7Na2O15S. The van der Waals surface area contributed by atoms with Crippen LogP contribution < -0.4 is 91.4 Å². The molecule has 0 heterocycles. The molecule has 2 amide bonds. The maximum Gasteiger partial charge on any atom is 1.00 e. The van der Waals surface area contributed by atoms with Crippen LogP contribution in [0.4, 0.5) is 15.3 Å². The molecule has 572 valence electrons. The molecule has 0 fully saturated rings. The van der Waals surface area contributed by atoms with Crippen LogP contribution in [-0.4, -0.2) is 202 Å². The molecule has 0 aliphatic carbocycles. The zero-order valence-electron chi connectivity index (χ0n) is 65.5. The summed E-state index contributed by atoms with van der Waals surface area (Å²) in [6, 6.07) is 19.8. The van der Waals surface area contributed by atoms with Crippen molar-refractivity contribution in [1.82, 2.24) is 20.4 Å². The Labute approximate surface area is 674 Å². The molecule has 3 aromatic rings. The Morgan fingerprint density at radius 2 is 1.00 bits per heavy atom. The number of anilines is 1. The van der Waals surface area contributed by atoms with Crippen LogP contribution >= 0.6 is 57.6 Å². The van der Waals surface area contributed by atoms with E-state index in [1.54, 1.807) is 34.1 Å². The van der Waals surface area contributed by atoms with Gasteiger partial charge in [0, 0.05) is 93.2 Å². The van der Waals surface area contributed by atoms with E-state index in [0.29, 0.717) is 57.6 Å². The molecule has 0 aliphatic rings. The van der Waals surface area contributed by atoms with Gasteiger partial charge >= 0.3 is 71.3 Å². The quantitative estimate of drug-likeness (QED) is 0.00530. The first-order valence-corrected chi connectivity index (χ1v) is 38.0. The van der Waals surface area contributed by atoms with E-state index in [1.165, 1.54) is 58.8 Å². The van der Waals surface area contributed by atoms with Gasteiger partial charge < -0.3 is 83.4 Å². The normalized spacial score (nSPS) is 10.1. The SMILES string of the molecule is CCCN(CCCI)C(=O)OC(C)(C)C.CCCN(CCCO)C(=O)OC(C)(C)C.CCCNCCCI.CCCNCCCO.CCCO.CCCOS(=O)(=O)c1ccc(C)cc1.CN(C)c1cccc2c(CC(C)(C)C)cccc12.Cl.NCCCO.NCCO.O=CO[O-].[H-].[Na+].[Na+]. The average Bonchev–Trinajstić information content (AvgIpc) is 0.802. The van der Waals surface area contributed by atoms with E-state index in [4.69, 9.17) is 60.7 Å². The molecular weight excluding hydrogens is 1550 g/mol. The molecule has 0 aromatic heterocycles. The van der Waals surface area contributed by atoms with Gasteiger partial charge in [-0.2, -0.15) is 8.42 Å². The minimum absolute atomic E-state index is 0. The number of rotatable bonds is 31. The number of nitrogens with one attached hydrogen (secondary N) is 2. The van der Waals surface area contributed by atoms with Gasteiger partial charge in [0.2, 0.25) is 0 Å². The summed E-state index contributed by atoms with van der Waals surface area (Å²) in [5.41, 5.74) is 13.0. The van der Waals surface area contributed by atoms with Gasteiger partial charge in [-0.15, -0.1) is 12.4 Å². The van der Waals surface area contributed by atoms with Gasteiger partial charge in [-0.25, -0.2) is 9.59 Å². The number of aliphatic hydroxyl groups is 5. The number of hydrogen-bond donors (Lipinski definition) is 9. The van der Waals surface area contributed by atoms with Crippen LogP contribution in [-0.2, 0) is 39.9 Å². The fourth-order valence-corrected chi connectivity index (χ4v) is 8.54. The third-order valence-electron chi connectivity index (χ3n) is 11.0. The van der Waals surface area contributed by atoms with E-state index in [9.17, 15) is 18.0 Å². The van der Waals surface area contributed by atoms with Crippen LogP contribution in [0.15, 0.2) is 65.6 Å². The molecule has 22 nitrogen and oxygen atoms in total. The molecule has 0 radical (unpaired) electrons. The Morgan fingerprint density at radius 3 is 1.33 bits per heavy atom. The second-order valence-electron chi connectivity index (χ2n) is 24.5. The number of ether oxygens (including phenoxy) is 2. The van der Waals surface area contributed by atoms with Crippen molar-refractivity contribution in [2.45, 2.75) is 204 Å². The summed E-state index contributed by atoms with van der Waals surface area (Å²) in [5, 5.41) is 58.3. The Hall–Kier alpha value is -1.01. The molecule has 0 atom stereocenters. The number of nitrogens with zero attached hydrogens (tertiary/aromatic N) is 3. The third kappa shape index (κ3) is 83.9. The first kappa shape index (κ1) is 118. The van der Waals surface area contributed by atoms with Crippen LogP contribution in [0.2, 0.25) is 0 Å². The first-order chi connectivity index (χ1) is 44.7. The molecule has 0 unspecified atom stereocenters. The number of nitrogens with two attached hydrogens (primary N) is 2. The molecule has 0 saturated carbocycles. The van der Waals surface area contributed by atoms with E-state index in [-0.39, 0.29) is 123 Å². The smallest absolute Gasteiger partial charge is 1.00 e. The van der Waals surface area contributed by atoms with Gasteiger partial charge in [0.1, 0.15) is 11.2 Å². The van der Waals surface area contributed by atoms with Gasteiger partial charge in [0.15, 0.2) is 0 Å². The van der Waals surface area contributed by atoms with Crippen molar-refractivity contribution in [3.63, 3.8) is 0 Å². The fraction of sp³-hybridized carbons (Fsp3) is 0.729. The van der Waals surface area contributed by atoms with Crippen LogP contribution in [0.1, 0.15) is 187 Å². The number of carbonyl (C=O) groups excluding carboxylic acids is 3. The summed E-state index contributed by atoms with van der Waals surface area (Å²) in [4.78, 5) is 40.5. The third-order valence-corrected chi connectivity index (χ3v) is 13.8. The van der Waals surface area contributed by atoms with Crippen molar-refractivity contribution >= 4 is 103 Å². The summed E-state index contributed by atoms with van der Waals surface area (Å²) in [5.74, 6) is 0. The van der Waals surface area contributed by atoms with Gasteiger partial charge in [-0.1, -0.05) is 156 Å². The van der Waals surface area contributed by atoms with Crippen molar-refractivity contribution in [3.05, 3.63) is 71.8 Å². The van der Waals surface area contributed by atoms with Crippen LogP contribution in [0, 0.1) is 12.3 Å². The Morgan fingerprint density at radius 1 is 0.582 bits per heavy atom. The zero-order valence-corrected chi connectivity index (χ0v) is 74.4. The molecule has 28 heteroatoms. The Bertz CT molecular complexity index is 2210. The van der Waals surface area contributed by atoms with E-state index in [1.807, 2.05) is 69.2 Å². The minimum Gasteiger partial charge on any atom is -1.00 e. The minimum atomic E-state index is -3.54. The van der Waals surface area contributed by atoms with Gasteiger partial charge in [0.25, 0.3) is 16.6 Å². The molecule has 0 saturated heterocycles. The number of hydrogen-bond acceptors (Lipinski definition) is 20. The number of benzene rings is 3. The van der Waals surface area contributed by atoms with E-state index in [2.05, 4.69) is 158 Å². The number of carbonyl (C=O) groups is 3. The Balaban J connectivity index is -0.000000100. The van der Waals surface area contributed by atoms with E-state index >= 15 is 0 Å². The van der Waals surface area contributed by atoms with Crippen molar-refractivity contribution in [2.24, 2.45) is 16.9 Å². The van der Waals surface area contributed by atoms with E-state index in [0.717, 1.165) is 81.1 Å². The van der Waals surface area contributed by atoms with Crippen molar-refractivity contribution in [1.29, 1.82) is 0 Å².